The summed E-state index contributed by atoms with van der Waals surface area (Å²) >= 11 is 0. The molecule has 7 N–H and O–H groups in total. The molecule has 0 aromatic carbocycles. The predicted molar refractivity (Wildman–Crippen MR) is 54.6 cm³/mol. The van der Waals surface area contributed by atoms with Crippen molar-refractivity contribution in [1.82, 2.24) is 0 Å². The molecule has 0 spiro atoms. The van der Waals surface area contributed by atoms with Gasteiger partial charge >= 0.3 is 12.1 Å². The lowest BCUT2D eigenvalue weighted by molar-refractivity contribution is -0.192. The summed E-state index contributed by atoms with van der Waals surface area (Å²) in [7, 11) is 0. The maximum absolute atomic E-state index is 10.6. The Morgan fingerprint density at radius 1 is 1.11 bits per heavy atom. The van der Waals surface area contributed by atoms with Crippen molar-refractivity contribution in [2.75, 3.05) is 26.4 Å². The minimum absolute atomic E-state index is 0.103. The minimum atomic E-state index is -5.08. The van der Waals surface area contributed by atoms with Gasteiger partial charge in [-0.3, -0.25) is 0 Å². The fraction of sp³-hybridized carbons (Fsp3) is 0.875. The van der Waals surface area contributed by atoms with Crippen LogP contribution < -0.4 is 11.5 Å². The SMILES string of the molecule is N[C@@H](CO)COC[C@@H](N)CO.O=C(O)C(F)(F)F. The number of aliphatic carboxylic acids is 1. The van der Waals surface area contributed by atoms with Crippen molar-refractivity contribution < 1.29 is 38.0 Å². The van der Waals surface area contributed by atoms with Crippen LogP contribution in [-0.2, 0) is 9.53 Å². The maximum Gasteiger partial charge on any atom is 0.490 e. The molecule has 0 amide bonds. The molecule has 0 aromatic rings. The van der Waals surface area contributed by atoms with Gasteiger partial charge in [0.1, 0.15) is 0 Å². The van der Waals surface area contributed by atoms with Crippen molar-refractivity contribution in [3.05, 3.63) is 0 Å². The van der Waals surface area contributed by atoms with Crippen LogP contribution in [0.3, 0.4) is 0 Å². The molecule has 0 unspecified atom stereocenters. The molecule has 7 nitrogen and oxygen atoms in total. The third kappa shape index (κ3) is 13.1. The molecule has 110 valence electrons. The quantitative estimate of drug-likeness (QED) is 0.389. The monoisotopic (exact) mass is 278 g/mol. The van der Waals surface area contributed by atoms with E-state index >= 15 is 0 Å². The van der Waals surface area contributed by atoms with Crippen LogP contribution in [0.2, 0.25) is 0 Å². The van der Waals surface area contributed by atoms with E-state index in [4.69, 9.17) is 36.3 Å². The Hall–Kier alpha value is -0.940. The molecular weight excluding hydrogens is 261 g/mol. The van der Waals surface area contributed by atoms with Crippen molar-refractivity contribution in [2.24, 2.45) is 11.5 Å². The lowest BCUT2D eigenvalue weighted by atomic mass is 10.3. The number of rotatable bonds is 6. The highest BCUT2D eigenvalue weighted by atomic mass is 19.4. The van der Waals surface area contributed by atoms with E-state index in [1.807, 2.05) is 0 Å². The average molecular weight is 278 g/mol. The number of carboxylic acids is 1. The number of hydrogen-bond donors (Lipinski definition) is 5. The zero-order valence-electron chi connectivity index (χ0n) is 9.43. The summed E-state index contributed by atoms with van der Waals surface area (Å²) in [6.07, 6.45) is -5.08. The number of nitrogens with two attached hydrogens (primary N) is 2. The Morgan fingerprint density at radius 3 is 1.56 bits per heavy atom. The second-order valence-corrected chi connectivity index (χ2v) is 3.23. The van der Waals surface area contributed by atoms with Crippen molar-refractivity contribution >= 4 is 5.97 Å². The molecule has 0 heterocycles. The minimum Gasteiger partial charge on any atom is -0.475 e. The van der Waals surface area contributed by atoms with E-state index in [1.165, 1.54) is 0 Å². The zero-order valence-corrected chi connectivity index (χ0v) is 9.43. The van der Waals surface area contributed by atoms with E-state index in [0.29, 0.717) is 0 Å². The van der Waals surface area contributed by atoms with E-state index < -0.39 is 12.1 Å². The van der Waals surface area contributed by atoms with Gasteiger partial charge in [-0.2, -0.15) is 13.2 Å². The molecule has 0 radical (unpaired) electrons. The van der Waals surface area contributed by atoms with E-state index in [-0.39, 0.29) is 38.5 Å². The molecule has 0 aliphatic heterocycles. The fourth-order valence-corrected chi connectivity index (χ4v) is 0.476. The molecular formula is C8H17F3N2O5. The van der Waals surface area contributed by atoms with E-state index in [2.05, 4.69) is 0 Å². The van der Waals surface area contributed by atoms with E-state index in [0.717, 1.165) is 0 Å². The third-order valence-corrected chi connectivity index (χ3v) is 1.38. The summed E-state index contributed by atoms with van der Waals surface area (Å²) in [6.45, 7) is 0.330. The summed E-state index contributed by atoms with van der Waals surface area (Å²) in [4.78, 5) is 8.90. The van der Waals surface area contributed by atoms with Gasteiger partial charge in [0, 0.05) is 0 Å². The number of hydrogen-bond acceptors (Lipinski definition) is 6. The molecule has 0 saturated heterocycles. The smallest absolute Gasteiger partial charge is 0.475 e. The molecule has 2 atom stereocenters. The highest BCUT2D eigenvalue weighted by molar-refractivity contribution is 5.73. The summed E-state index contributed by atoms with van der Waals surface area (Å²) in [6, 6.07) is -0.721. The van der Waals surface area contributed by atoms with Crippen molar-refractivity contribution in [3.63, 3.8) is 0 Å². The number of aliphatic hydroxyl groups excluding tert-OH is 2. The van der Waals surface area contributed by atoms with E-state index in [1.54, 1.807) is 0 Å². The summed E-state index contributed by atoms with van der Waals surface area (Å²) in [5.74, 6) is -2.76. The highest BCUT2D eigenvalue weighted by Gasteiger charge is 2.38. The number of carboxylic acid groups (broad SMARTS) is 1. The van der Waals surface area contributed by atoms with Gasteiger partial charge < -0.3 is 31.5 Å². The standard InChI is InChI=1S/C6H16N2O3.C2HF3O2/c7-5(1-9)3-11-4-6(8)2-10;3-2(4,5)1(6)7/h5-6,9-10H,1-4,7-8H2;(H,6,7)/t5-,6-;/m0./s1. The lowest BCUT2D eigenvalue weighted by Gasteiger charge is -2.11. The number of halogens is 3. The number of ether oxygens (including phenoxy) is 1. The first-order valence-corrected chi connectivity index (χ1v) is 4.75. The Kier molecular flexibility index (Phi) is 10.8. The maximum atomic E-state index is 10.6. The first-order chi connectivity index (χ1) is 8.15. The van der Waals surface area contributed by atoms with Crippen LogP contribution in [0.4, 0.5) is 13.2 Å². The molecule has 0 saturated carbocycles. The van der Waals surface area contributed by atoms with Crippen LogP contribution >= 0.6 is 0 Å². The van der Waals surface area contributed by atoms with Crippen LogP contribution in [0.25, 0.3) is 0 Å². The van der Waals surface area contributed by atoms with Gasteiger partial charge in [-0.05, 0) is 0 Å². The molecule has 0 aliphatic carbocycles. The number of aliphatic hydroxyl groups is 2. The van der Waals surface area contributed by atoms with Crippen molar-refractivity contribution in [2.45, 2.75) is 18.3 Å². The Morgan fingerprint density at radius 2 is 1.39 bits per heavy atom. The Balaban J connectivity index is 0. The van der Waals surface area contributed by atoms with Crippen LogP contribution in [0, 0.1) is 0 Å². The molecule has 0 bridgehead atoms. The van der Waals surface area contributed by atoms with Crippen LogP contribution in [0.5, 0.6) is 0 Å². The van der Waals surface area contributed by atoms with Gasteiger partial charge in [0.05, 0.1) is 38.5 Å². The molecule has 0 fully saturated rings. The van der Waals surface area contributed by atoms with Crippen molar-refractivity contribution in [1.29, 1.82) is 0 Å². The van der Waals surface area contributed by atoms with Gasteiger partial charge in [0.15, 0.2) is 0 Å². The van der Waals surface area contributed by atoms with E-state index in [9.17, 15) is 13.2 Å². The number of carbonyl (C=O) groups is 1. The first kappa shape index (κ1) is 19.4. The third-order valence-electron chi connectivity index (χ3n) is 1.38. The zero-order chi connectivity index (χ0) is 14.8. The summed E-state index contributed by atoms with van der Waals surface area (Å²) < 4.78 is 36.7. The van der Waals surface area contributed by atoms with Gasteiger partial charge in [-0.25, -0.2) is 4.79 Å². The van der Waals surface area contributed by atoms with Gasteiger partial charge in [0.25, 0.3) is 0 Å². The predicted octanol–water partition coefficient (Wildman–Crippen LogP) is -1.72. The van der Waals surface area contributed by atoms with Gasteiger partial charge in [-0.1, -0.05) is 0 Å². The second-order valence-electron chi connectivity index (χ2n) is 3.23. The summed E-state index contributed by atoms with van der Waals surface area (Å²) in [5.41, 5.74) is 10.6. The Labute approximate surface area is 101 Å². The molecule has 18 heavy (non-hydrogen) atoms. The normalized spacial score (nSPS) is 14.4. The largest absolute Gasteiger partial charge is 0.490 e. The molecule has 10 heteroatoms. The molecule has 0 aromatic heterocycles. The summed E-state index contributed by atoms with van der Waals surface area (Å²) in [5, 5.41) is 24.1. The first-order valence-electron chi connectivity index (χ1n) is 4.75. The molecule has 0 rings (SSSR count). The molecule has 0 aliphatic rings. The number of alkyl halides is 3. The average Bonchev–Trinajstić information content (AvgIpc) is 2.28. The van der Waals surface area contributed by atoms with Crippen LogP contribution in [0.15, 0.2) is 0 Å². The van der Waals surface area contributed by atoms with Gasteiger partial charge in [-0.15, -0.1) is 0 Å². The highest BCUT2D eigenvalue weighted by Crippen LogP contribution is 2.13. The second kappa shape index (κ2) is 10.0. The topological polar surface area (TPSA) is 139 Å². The van der Waals surface area contributed by atoms with Crippen LogP contribution in [0.1, 0.15) is 0 Å². The lowest BCUT2D eigenvalue weighted by Crippen LogP contribution is -2.35. The van der Waals surface area contributed by atoms with Crippen LogP contribution in [-0.4, -0.2) is 66.0 Å². The van der Waals surface area contributed by atoms with Crippen molar-refractivity contribution in [3.8, 4) is 0 Å². The fourth-order valence-electron chi connectivity index (χ4n) is 0.476. The Bertz CT molecular complexity index is 217. The van der Waals surface area contributed by atoms with Gasteiger partial charge in [0.2, 0.25) is 0 Å².